The van der Waals surface area contributed by atoms with E-state index in [1.54, 1.807) is 12.3 Å². The van der Waals surface area contributed by atoms with Gasteiger partial charge in [-0.2, -0.15) is 0 Å². The molecule has 0 bridgehead atoms. The first-order valence-corrected chi connectivity index (χ1v) is 5.41. The molecule has 0 heterocycles. The minimum absolute atomic E-state index is 0.151. The SMILES string of the molecule is C=CC=Nc1ccc(C(C)(C)C)cc1C=C. The zero-order valence-corrected chi connectivity index (χ0v) is 10.3. The second-order valence-corrected chi connectivity index (χ2v) is 4.74. The van der Waals surface area contributed by atoms with Crippen LogP contribution in [0.2, 0.25) is 0 Å². The van der Waals surface area contributed by atoms with Crippen molar-refractivity contribution >= 4 is 18.0 Å². The summed E-state index contributed by atoms with van der Waals surface area (Å²) in [6, 6.07) is 6.28. The van der Waals surface area contributed by atoms with Crippen molar-refractivity contribution in [1.29, 1.82) is 0 Å². The van der Waals surface area contributed by atoms with Gasteiger partial charge in [-0.05, 0) is 28.7 Å². The summed E-state index contributed by atoms with van der Waals surface area (Å²) in [7, 11) is 0. The van der Waals surface area contributed by atoms with Gasteiger partial charge in [0.05, 0.1) is 5.69 Å². The van der Waals surface area contributed by atoms with Crippen LogP contribution in [0.1, 0.15) is 31.9 Å². The number of nitrogens with zero attached hydrogens (tertiary/aromatic N) is 1. The molecule has 0 spiro atoms. The lowest BCUT2D eigenvalue weighted by Crippen LogP contribution is -2.10. The van der Waals surface area contributed by atoms with Crippen LogP contribution in [-0.2, 0) is 5.41 Å². The van der Waals surface area contributed by atoms with Crippen LogP contribution in [0.5, 0.6) is 0 Å². The molecule has 1 aromatic carbocycles. The fourth-order valence-electron chi connectivity index (χ4n) is 1.44. The van der Waals surface area contributed by atoms with Crippen LogP contribution in [0, 0.1) is 0 Å². The predicted octanol–water partition coefficient (Wildman–Crippen LogP) is 4.52. The number of hydrogen-bond acceptors (Lipinski definition) is 1. The van der Waals surface area contributed by atoms with E-state index in [9.17, 15) is 0 Å². The summed E-state index contributed by atoms with van der Waals surface area (Å²) in [5.41, 5.74) is 3.44. The average molecular weight is 213 g/mol. The highest BCUT2D eigenvalue weighted by Crippen LogP contribution is 2.28. The first kappa shape index (κ1) is 12.4. The van der Waals surface area contributed by atoms with E-state index in [4.69, 9.17) is 0 Å². The van der Waals surface area contributed by atoms with E-state index in [-0.39, 0.29) is 5.41 Å². The maximum absolute atomic E-state index is 4.30. The first-order chi connectivity index (χ1) is 7.49. The Labute approximate surface area is 98.2 Å². The zero-order chi connectivity index (χ0) is 12.2. The lowest BCUT2D eigenvalue weighted by molar-refractivity contribution is 0.590. The van der Waals surface area contributed by atoms with Crippen molar-refractivity contribution in [2.45, 2.75) is 26.2 Å². The van der Waals surface area contributed by atoms with Gasteiger partial charge in [0.1, 0.15) is 0 Å². The van der Waals surface area contributed by atoms with Crippen LogP contribution in [0.4, 0.5) is 5.69 Å². The topological polar surface area (TPSA) is 12.4 Å². The van der Waals surface area contributed by atoms with Gasteiger partial charge in [-0.1, -0.05) is 52.1 Å². The summed E-state index contributed by atoms with van der Waals surface area (Å²) < 4.78 is 0. The third-order valence-electron chi connectivity index (χ3n) is 2.43. The molecule has 16 heavy (non-hydrogen) atoms. The van der Waals surface area contributed by atoms with Gasteiger partial charge in [0, 0.05) is 6.21 Å². The van der Waals surface area contributed by atoms with Gasteiger partial charge in [0.2, 0.25) is 0 Å². The largest absolute Gasteiger partial charge is 0.256 e. The summed E-state index contributed by atoms with van der Waals surface area (Å²) in [4.78, 5) is 4.30. The normalized spacial score (nSPS) is 11.7. The van der Waals surface area contributed by atoms with Crippen molar-refractivity contribution in [2.75, 3.05) is 0 Å². The van der Waals surface area contributed by atoms with Crippen molar-refractivity contribution in [3.8, 4) is 0 Å². The number of aliphatic imine (C=N–C) groups is 1. The van der Waals surface area contributed by atoms with E-state index in [2.05, 4.69) is 51.1 Å². The second kappa shape index (κ2) is 4.93. The Morgan fingerprint density at radius 2 is 1.88 bits per heavy atom. The smallest absolute Gasteiger partial charge is 0.0701 e. The highest BCUT2D eigenvalue weighted by molar-refractivity contribution is 5.76. The van der Waals surface area contributed by atoms with Crippen molar-refractivity contribution in [2.24, 2.45) is 4.99 Å². The van der Waals surface area contributed by atoms with Crippen molar-refractivity contribution in [3.63, 3.8) is 0 Å². The molecule has 1 nitrogen and oxygen atoms in total. The lowest BCUT2D eigenvalue weighted by Gasteiger charge is -2.20. The Morgan fingerprint density at radius 3 is 2.38 bits per heavy atom. The fourth-order valence-corrected chi connectivity index (χ4v) is 1.44. The van der Waals surface area contributed by atoms with E-state index < -0.39 is 0 Å². The predicted molar refractivity (Wildman–Crippen MR) is 73.6 cm³/mol. The van der Waals surface area contributed by atoms with Gasteiger partial charge in [-0.25, -0.2) is 0 Å². The summed E-state index contributed by atoms with van der Waals surface area (Å²) in [5, 5.41) is 0. The molecule has 0 aromatic heterocycles. The van der Waals surface area contributed by atoms with Crippen molar-refractivity contribution in [1.82, 2.24) is 0 Å². The summed E-state index contributed by atoms with van der Waals surface area (Å²) in [6.07, 6.45) is 5.20. The molecule has 0 aliphatic heterocycles. The van der Waals surface area contributed by atoms with Gasteiger partial charge >= 0.3 is 0 Å². The van der Waals surface area contributed by atoms with Crippen LogP contribution < -0.4 is 0 Å². The second-order valence-electron chi connectivity index (χ2n) is 4.74. The van der Waals surface area contributed by atoms with Crippen LogP contribution in [0.25, 0.3) is 6.08 Å². The van der Waals surface area contributed by atoms with Crippen molar-refractivity contribution < 1.29 is 0 Å². The van der Waals surface area contributed by atoms with Crippen LogP contribution in [-0.4, -0.2) is 6.21 Å². The number of allylic oxidation sites excluding steroid dienone is 1. The molecule has 0 saturated heterocycles. The maximum Gasteiger partial charge on any atom is 0.0701 e. The van der Waals surface area contributed by atoms with Crippen LogP contribution >= 0.6 is 0 Å². The molecule has 0 radical (unpaired) electrons. The van der Waals surface area contributed by atoms with Crippen LogP contribution in [0.15, 0.2) is 42.4 Å². The summed E-state index contributed by atoms with van der Waals surface area (Å²) >= 11 is 0. The summed E-state index contributed by atoms with van der Waals surface area (Å²) in [5.74, 6) is 0. The molecule has 0 unspecified atom stereocenters. The van der Waals surface area contributed by atoms with Crippen LogP contribution in [0.3, 0.4) is 0 Å². The zero-order valence-electron chi connectivity index (χ0n) is 10.3. The van der Waals surface area contributed by atoms with Gasteiger partial charge in [0.15, 0.2) is 0 Å². The molecular weight excluding hydrogens is 194 g/mol. The van der Waals surface area contributed by atoms with E-state index in [1.807, 2.05) is 12.1 Å². The third-order valence-corrected chi connectivity index (χ3v) is 2.43. The molecule has 0 N–H and O–H groups in total. The number of benzene rings is 1. The molecule has 0 saturated carbocycles. The molecular formula is C15H19N. The number of hydrogen-bond donors (Lipinski definition) is 0. The van der Waals surface area contributed by atoms with E-state index >= 15 is 0 Å². The third kappa shape index (κ3) is 2.93. The fraction of sp³-hybridized carbons (Fsp3) is 0.267. The Morgan fingerprint density at radius 1 is 1.19 bits per heavy atom. The monoisotopic (exact) mass is 213 g/mol. The average Bonchev–Trinajstić information content (AvgIpc) is 2.24. The highest BCUT2D eigenvalue weighted by Gasteiger charge is 2.14. The van der Waals surface area contributed by atoms with Gasteiger partial charge in [-0.3, -0.25) is 4.99 Å². The Kier molecular flexibility index (Phi) is 3.83. The summed E-state index contributed by atoms with van der Waals surface area (Å²) in [6.45, 7) is 14.0. The number of rotatable bonds is 3. The highest BCUT2D eigenvalue weighted by atomic mass is 14.7. The molecule has 0 fully saturated rings. The Hall–Kier alpha value is -1.63. The van der Waals surface area contributed by atoms with Gasteiger partial charge in [0.25, 0.3) is 0 Å². The minimum atomic E-state index is 0.151. The minimum Gasteiger partial charge on any atom is -0.256 e. The molecule has 1 aromatic rings. The molecule has 0 atom stereocenters. The van der Waals surface area contributed by atoms with Crippen molar-refractivity contribution in [3.05, 3.63) is 48.6 Å². The van der Waals surface area contributed by atoms with Gasteiger partial charge < -0.3 is 0 Å². The maximum atomic E-state index is 4.30. The molecule has 0 amide bonds. The molecule has 1 heteroatoms. The molecule has 0 aliphatic carbocycles. The van der Waals surface area contributed by atoms with Gasteiger partial charge in [-0.15, -0.1) is 0 Å². The standard InChI is InChI=1S/C15H19N/c1-6-10-16-14-9-8-13(15(3,4)5)11-12(14)7-2/h6-11H,1-2H2,3-5H3. The molecule has 0 aliphatic rings. The van der Waals surface area contributed by atoms with E-state index in [0.29, 0.717) is 0 Å². The van der Waals surface area contributed by atoms with E-state index in [0.717, 1.165) is 11.3 Å². The quantitative estimate of drug-likeness (QED) is 0.655. The Bertz CT molecular complexity index is 420. The molecule has 1 rings (SSSR count). The molecule has 84 valence electrons. The lowest BCUT2D eigenvalue weighted by atomic mass is 9.86. The first-order valence-electron chi connectivity index (χ1n) is 5.41. The van der Waals surface area contributed by atoms with E-state index in [1.165, 1.54) is 5.56 Å². The Balaban J connectivity index is 3.21.